The average Bonchev–Trinajstić information content (AvgIpc) is 2.68. The van der Waals surface area contributed by atoms with Gasteiger partial charge in [-0.15, -0.1) is 0 Å². The maximum atomic E-state index is 12.3. The van der Waals surface area contributed by atoms with Crippen molar-refractivity contribution in [1.82, 2.24) is 4.83 Å². The second-order valence-electron chi connectivity index (χ2n) is 6.08. The number of nitrogens with zero attached hydrogens (tertiary/aromatic N) is 1. The van der Waals surface area contributed by atoms with Crippen LogP contribution >= 0.6 is 11.6 Å². The normalized spacial score (nSPS) is 11.5. The highest BCUT2D eigenvalue weighted by atomic mass is 35.5. The molecule has 144 valence electrons. The lowest BCUT2D eigenvalue weighted by Gasteiger charge is -2.10. The van der Waals surface area contributed by atoms with E-state index in [1.807, 2.05) is 37.3 Å². The van der Waals surface area contributed by atoms with E-state index >= 15 is 0 Å². The number of hydrogen-bond donors (Lipinski definition) is 1. The molecule has 3 rings (SSSR count). The maximum Gasteiger partial charge on any atom is 0.276 e. The Morgan fingerprint density at radius 1 is 1.00 bits per heavy atom. The Kier molecular flexibility index (Phi) is 6.34. The van der Waals surface area contributed by atoms with E-state index in [0.717, 1.165) is 11.1 Å². The molecule has 0 saturated heterocycles. The molecule has 28 heavy (non-hydrogen) atoms. The van der Waals surface area contributed by atoms with Gasteiger partial charge in [0.2, 0.25) is 0 Å². The fraction of sp³-hybridized carbons (Fsp3) is 0.0952. The van der Waals surface area contributed by atoms with Crippen molar-refractivity contribution in [2.24, 2.45) is 5.10 Å². The first-order chi connectivity index (χ1) is 13.5. The number of ether oxygens (including phenoxy) is 1. The lowest BCUT2D eigenvalue weighted by molar-refractivity contribution is 0.306. The van der Waals surface area contributed by atoms with Crippen LogP contribution in [0.2, 0.25) is 5.02 Å². The SMILES string of the molecule is Cc1ccc(S(=O)(=O)N/N=C/c2ccccc2OCc2ccccc2Cl)cc1. The smallest absolute Gasteiger partial charge is 0.276 e. The van der Waals surface area contributed by atoms with Gasteiger partial charge < -0.3 is 4.74 Å². The van der Waals surface area contributed by atoms with Gasteiger partial charge >= 0.3 is 0 Å². The molecule has 3 aromatic carbocycles. The van der Waals surface area contributed by atoms with Crippen LogP contribution in [-0.4, -0.2) is 14.6 Å². The van der Waals surface area contributed by atoms with Gasteiger partial charge in [0, 0.05) is 16.1 Å². The molecule has 0 radical (unpaired) electrons. The number of hydrogen-bond acceptors (Lipinski definition) is 4. The van der Waals surface area contributed by atoms with Crippen LogP contribution in [0.4, 0.5) is 0 Å². The first kappa shape index (κ1) is 19.9. The van der Waals surface area contributed by atoms with Gasteiger partial charge in [-0.2, -0.15) is 13.5 Å². The molecule has 0 aliphatic heterocycles. The van der Waals surface area contributed by atoms with Crippen molar-refractivity contribution in [1.29, 1.82) is 0 Å². The third kappa shape index (κ3) is 5.12. The van der Waals surface area contributed by atoms with Crippen molar-refractivity contribution in [3.63, 3.8) is 0 Å². The number of halogens is 1. The molecule has 5 nitrogen and oxygen atoms in total. The Hall–Kier alpha value is -2.83. The van der Waals surface area contributed by atoms with Crippen LogP contribution in [0.25, 0.3) is 0 Å². The summed E-state index contributed by atoms with van der Waals surface area (Å²) in [5.74, 6) is 0.570. The minimum atomic E-state index is -3.73. The van der Waals surface area contributed by atoms with Gasteiger partial charge in [-0.25, -0.2) is 4.83 Å². The zero-order valence-corrected chi connectivity index (χ0v) is 16.7. The fourth-order valence-electron chi connectivity index (χ4n) is 2.42. The summed E-state index contributed by atoms with van der Waals surface area (Å²) in [6.45, 7) is 2.18. The zero-order valence-electron chi connectivity index (χ0n) is 15.2. The van der Waals surface area contributed by atoms with Crippen molar-refractivity contribution < 1.29 is 13.2 Å². The molecule has 0 aromatic heterocycles. The Bertz CT molecular complexity index is 1080. The Labute approximate surface area is 169 Å². The molecule has 0 bridgehead atoms. The quantitative estimate of drug-likeness (QED) is 0.456. The Morgan fingerprint density at radius 3 is 2.43 bits per heavy atom. The molecule has 0 spiro atoms. The van der Waals surface area contributed by atoms with Crippen molar-refractivity contribution >= 4 is 27.8 Å². The lowest BCUT2D eigenvalue weighted by Crippen LogP contribution is -2.18. The van der Waals surface area contributed by atoms with E-state index in [9.17, 15) is 8.42 Å². The summed E-state index contributed by atoms with van der Waals surface area (Å²) in [7, 11) is -3.73. The zero-order chi connectivity index (χ0) is 20.0. The standard InChI is InChI=1S/C21H19ClN2O3S/c1-16-10-12-19(13-11-16)28(25,26)24-23-14-17-6-3-5-9-21(17)27-15-18-7-2-4-8-20(18)22/h2-14,24H,15H2,1H3/b23-14+. The number of para-hydroxylation sites is 1. The van der Waals surface area contributed by atoms with Crippen LogP contribution in [0.15, 0.2) is 82.8 Å². The predicted octanol–water partition coefficient (Wildman–Crippen LogP) is 4.54. The predicted molar refractivity (Wildman–Crippen MR) is 111 cm³/mol. The molecule has 0 aliphatic rings. The van der Waals surface area contributed by atoms with Gasteiger partial charge in [-0.3, -0.25) is 0 Å². The summed E-state index contributed by atoms with van der Waals surface area (Å²) in [6, 6.07) is 21.2. The average molecular weight is 415 g/mol. The second kappa shape index (κ2) is 8.91. The lowest BCUT2D eigenvalue weighted by atomic mass is 10.2. The molecule has 0 aliphatic carbocycles. The van der Waals surface area contributed by atoms with Crippen LogP contribution in [0.1, 0.15) is 16.7 Å². The number of benzene rings is 3. The fourth-order valence-corrected chi connectivity index (χ4v) is 3.41. The second-order valence-corrected chi connectivity index (χ2v) is 8.15. The maximum absolute atomic E-state index is 12.3. The van der Waals surface area contributed by atoms with E-state index in [-0.39, 0.29) is 4.90 Å². The van der Waals surface area contributed by atoms with Crippen LogP contribution in [0.5, 0.6) is 5.75 Å². The third-order valence-corrected chi connectivity index (χ3v) is 5.58. The largest absolute Gasteiger partial charge is 0.488 e. The Balaban J connectivity index is 1.70. The van der Waals surface area contributed by atoms with Gasteiger partial charge in [-0.05, 0) is 37.3 Å². The molecular weight excluding hydrogens is 396 g/mol. The minimum Gasteiger partial charge on any atom is -0.488 e. The summed E-state index contributed by atoms with van der Waals surface area (Å²) in [5, 5.41) is 4.50. The van der Waals surface area contributed by atoms with Crippen molar-refractivity contribution in [3.05, 3.63) is 94.5 Å². The Morgan fingerprint density at radius 2 is 1.68 bits per heavy atom. The molecule has 0 unspecified atom stereocenters. The molecule has 0 fully saturated rings. The molecule has 3 aromatic rings. The van der Waals surface area contributed by atoms with E-state index in [1.165, 1.54) is 18.3 Å². The topological polar surface area (TPSA) is 67.8 Å². The highest BCUT2D eigenvalue weighted by Crippen LogP contribution is 2.21. The summed E-state index contributed by atoms with van der Waals surface area (Å²) in [6.07, 6.45) is 1.41. The van der Waals surface area contributed by atoms with Gasteiger partial charge in [0.05, 0.1) is 11.1 Å². The molecular formula is C21H19ClN2O3S. The summed E-state index contributed by atoms with van der Waals surface area (Å²) >= 11 is 6.15. The van der Waals surface area contributed by atoms with E-state index in [1.54, 1.807) is 30.3 Å². The first-order valence-corrected chi connectivity index (χ1v) is 10.4. The number of nitrogens with one attached hydrogen (secondary N) is 1. The minimum absolute atomic E-state index is 0.151. The van der Waals surface area contributed by atoms with Crippen LogP contribution in [0.3, 0.4) is 0 Å². The van der Waals surface area contributed by atoms with E-state index in [4.69, 9.17) is 16.3 Å². The van der Waals surface area contributed by atoms with Crippen molar-refractivity contribution in [2.45, 2.75) is 18.4 Å². The molecule has 7 heteroatoms. The van der Waals surface area contributed by atoms with Crippen LogP contribution < -0.4 is 9.57 Å². The monoisotopic (exact) mass is 414 g/mol. The van der Waals surface area contributed by atoms with Crippen molar-refractivity contribution in [2.75, 3.05) is 0 Å². The van der Waals surface area contributed by atoms with Gasteiger partial charge in [-0.1, -0.05) is 59.6 Å². The van der Waals surface area contributed by atoms with E-state index in [2.05, 4.69) is 9.93 Å². The van der Waals surface area contributed by atoms with Gasteiger partial charge in [0.15, 0.2) is 0 Å². The van der Waals surface area contributed by atoms with E-state index in [0.29, 0.717) is 22.9 Å². The number of rotatable bonds is 7. The highest BCUT2D eigenvalue weighted by Gasteiger charge is 2.12. The number of sulfonamides is 1. The van der Waals surface area contributed by atoms with Gasteiger partial charge in [0.25, 0.3) is 10.0 Å². The van der Waals surface area contributed by atoms with Crippen LogP contribution in [0, 0.1) is 6.92 Å². The highest BCUT2D eigenvalue weighted by molar-refractivity contribution is 7.89. The van der Waals surface area contributed by atoms with Crippen LogP contribution in [-0.2, 0) is 16.6 Å². The first-order valence-electron chi connectivity index (χ1n) is 8.52. The number of aryl methyl sites for hydroxylation is 1. The molecule has 0 atom stereocenters. The summed E-state index contributed by atoms with van der Waals surface area (Å²) in [4.78, 5) is 2.37. The molecule has 0 heterocycles. The van der Waals surface area contributed by atoms with Crippen molar-refractivity contribution in [3.8, 4) is 5.75 Å². The molecule has 0 amide bonds. The summed E-state index contributed by atoms with van der Waals surface area (Å²) in [5.41, 5.74) is 2.48. The number of hydrazone groups is 1. The van der Waals surface area contributed by atoms with E-state index < -0.39 is 10.0 Å². The van der Waals surface area contributed by atoms with Gasteiger partial charge in [0.1, 0.15) is 12.4 Å². The third-order valence-electron chi connectivity index (χ3n) is 3.97. The summed E-state index contributed by atoms with van der Waals surface area (Å²) < 4.78 is 30.4. The molecule has 0 saturated carbocycles. The molecule has 1 N–H and O–H groups in total.